The van der Waals surface area contributed by atoms with Crippen LogP contribution in [-0.2, 0) is 16.0 Å². The number of esters is 1. The summed E-state index contributed by atoms with van der Waals surface area (Å²) >= 11 is 0. The first-order chi connectivity index (χ1) is 17.5. The summed E-state index contributed by atoms with van der Waals surface area (Å²) in [6.45, 7) is 0. The highest BCUT2D eigenvalue weighted by molar-refractivity contribution is 6.22. The first-order valence-corrected chi connectivity index (χ1v) is 11.6. The minimum Gasteiger partial charge on any atom is -0.497 e. The van der Waals surface area contributed by atoms with Crippen molar-refractivity contribution in [1.82, 2.24) is 9.88 Å². The highest BCUT2D eigenvalue weighted by atomic mass is 16.5. The molecule has 6 rings (SSSR count). The summed E-state index contributed by atoms with van der Waals surface area (Å²) in [5.74, 6) is -0.157. The molecular formula is C28H23N3O5. The average Bonchev–Trinajstić information content (AvgIpc) is 3.41. The zero-order valence-electron chi connectivity index (χ0n) is 19.7. The maximum Gasteiger partial charge on any atom is 0.337 e. The number of aromatic amines is 1. The summed E-state index contributed by atoms with van der Waals surface area (Å²) in [6.07, 6.45) is 0.404. The largest absolute Gasteiger partial charge is 0.497 e. The van der Waals surface area contributed by atoms with Gasteiger partial charge in [-0.3, -0.25) is 9.69 Å². The van der Waals surface area contributed by atoms with Crippen LogP contribution >= 0.6 is 0 Å². The van der Waals surface area contributed by atoms with Crippen LogP contribution in [0, 0.1) is 0 Å². The van der Waals surface area contributed by atoms with Crippen molar-refractivity contribution in [2.24, 2.45) is 0 Å². The van der Waals surface area contributed by atoms with E-state index < -0.39 is 24.1 Å². The van der Waals surface area contributed by atoms with Crippen molar-refractivity contribution >= 4 is 34.5 Å². The van der Waals surface area contributed by atoms with E-state index in [1.165, 1.54) is 12.0 Å². The fraction of sp³-hybridized carbons (Fsp3) is 0.179. The number of carbonyl (C=O) groups is 3. The van der Waals surface area contributed by atoms with E-state index in [0.29, 0.717) is 23.4 Å². The fourth-order valence-corrected chi connectivity index (χ4v) is 5.33. The van der Waals surface area contributed by atoms with Gasteiger partial charge in [-0.05, 0) is 41.5 Å². The van der Waals surface area contributed by atoms with Crippen molar-refractivity contribution in [2.75, 3.05) is 19.1 Å². The van der Waals surface area contributed by atoms with Gasteiger partial charge in [-0.15, -0.1) is 0 Å². The zero-order chi connectivity index (χ0) is 25.0. The van der Waals surface area contributed by atoms with Gasteiger partial charge >= 0.3 is 12.0 Å². The Hall–Kier alpha value is -4.59. The van der Waals surface area contributed by atoms with Crippen LogP contribution in [0.2, 0.25) is 0 Å². The molecule has 180 valence electrons. The van der Waals surface area contributed by atoms with Gasteiger partial charge in [0.05, 0.1) is 25.5 Å². The van der Waals surface area contributed by atoms with Crippen molar-refractivity contribution in [3.05, 3.63) is 95.2 Å². The molecular weight excluding hydrogens is 458 g/mol. The smallest absolute Gasteiger partial charge is 0.337 e. The lowest BCUT2D eigenvalue weighted by Gasteiger charge is -2.36. The molecule has 3 heterocycles. The van der Waals surface area contributed by atoms with Gasteiger partial charge < -0.3 is 14.5 Å². The number of urea groups is 1. The molecule has 8 nitrogen and oxygen atoms in total. The Balaban J connectivity index is 1.50. The minimum atomic E-state index is -0.666. The molecule has 0 unspecified atom stereocenters. The SMILES string of the molecule is COC(=O)c1ccc([C@H]2c3[nH]c4ccccc4c3C[C@H]3C(=O)N(c4cccc(OC)c4)C(=O)N23)cc1. The molecule has 1 N–H and O–H groups in total. The molecule has 3 aromatic carbocycles. The zero-order valence-corrected chi connectivity index (χ0v) is 19.7. The number of H-pyrrole nitrogens is 1. The number of fused-ring (bicyclic) bond motifs is 4. The third kappa shape index (κ3) is 3.18. The molecule has 1 saturated heterocycles. The number of rotatable bonds is 4. The number of hydrogen-bond acceptors (Lipinski definition) is 5. The third-order valence-electron chi connectivity index (χ3n) is 7.01. The fourth-order valence-electron chi connectivity index (χ4n) is 5.33. The molecule has 0 radical (unpaired) electrons. The molecule has 8 heteroatoms. The Morgan fingerprint density at radius 2 is 1.75 bits per heavy atom. The molecule has 0 spiro atoms. The second-order valence-corrected chi connectivity index (χ2v) is 8.86. The first-order valence-electron chi connectivity index (χ1n) is 11.6. The van der Waals surface area contributed by atoms with Crippen LogP contribution in [0.1, 0.15) is 33.2 Å². The lowest BCUT2D eigenvalue weighted by molar-refractivity contribution is -0.120. The average molecular weight is 482 g/mol. The van der Waals surface area contributed by atoms with Gasteiger partial charge in [0.25, 0.3) is 5.91 Å². The van der Waals surface area contributed by atoms with Crippen molar-refractivity contribution in [3.8, 4) is 5.75 Å². The van der Waals surface area contributed by atoms with Crippen molar-refractivity contribution < 1.29 is 23.9 Å². The van der Waals surface area contributed by atoms with E-state index in [9.17, 15) is 14.4 Å². The van der Waals surface area contributed by atoms with Crippen LogP contribution in [0.3, 0.4) is 0 Å². The van der Waals surface area contributed by atoms with Crippen molar-refractivity contribution in [2.45, 2.75) is 18.5 Å². The van der Waals surface area contributed by atoms with E-state index in [0.717, 1.165) is 27.7 Å². The number of carbonyl (C=O) groups excluding carboxylic acids is 3. The van der Waals surface area contributed by atoms with Gasteiger partial charge in [0.15, 0.2) is 0 Å². The van der Waals surface area contributed by atoms with E-state index in [-0.39, 0.29) is 5.91 Å². The lowest BCUT2D eigenvalue weighted by atomic mass is 9.88. The third-order valence-corrected chi connectivity index (χ3v) is 7.01. The minimum absolute atomic E-state index is 0.277. The maximum absolute atomic E-state index is 13.9. The van der Waals surface area contributed by atoms with E-state index in [1.807, 2.05) is 24.3 Å². The van der Waals surface area contributed by atoms with Gasteiger partial charge in [-0.1, -0.05) is 36.4 Å². The molecule has 2 aliphatic heterocycles. The summed E-state index contributed by atoms with van der Waals surface area (Å²) in [5, 5.41) is 1.03. The monoisotopic (exact) mass is 481 g/mol. The number of aromatic nitrogens is 1. The quantitative estimate of drug-likeness (QED) is 0.344. The predicted octanol–water partition coefficient (Wildman–Crippen LogP) is 4.45. The summed E-state index contributed by atoms with van der Waals surface area (Å²) in [5.41, 5.74) is 4.49. The molecule has 0 saturated carbocycles. The highest BCUT2D eigenvalue weighted by Crippen LogP contribution is 2.45. The molecule has 0 bridgehead atoms. The number of amides is 3. The number of anilines is 1. The Labute approximate surface area is 207 Å². The van der Waals surface area contributed by atoms with Gasteiger partial charge in [0.2, 0.25) is 0 Å². The van der Waals surface area contributed by atoms with Crippen LogP contribution in [0.4, 0.5) is 10.5 Å². The van der Waals surface area contributed by atoms with Crippen LogP contribution in [0.15, 0.2) is 72.8 Å². The number of nitrogens with one attached hydrogen (secondary N) is 1. The molecule has 3 amide bonds. The Morgan fingerprint density at radius 3 is 2.50 bits per heavy atom. The second kappa shape index (κ2) is 8.27. The summed E-state index contributed by atoms with van der Waals surface area (Å²) in [6, 6.07) is 20.2. The van der Waals surface area contributed by atoms with Crippen LogP contribution in [0.25, 0.3) is 10.9 Å². The molecule has 1 aromatic heterocycles. The Morgan fingerprint density at radius 1 is 0.972 bits per heavy atom. The predicted molar refractivity (Wildman–Crippen MR) is 133 cm³/mol. The number of hydrogen-bond donors (Lipinski definition) is 1. The second-order valence-electron chi connectivity index (χ2n) is 8.86. The number of benzene rings is 3. The van der Waals surface area contributed by atoms with Crippen molar-refractivity contribution in [1.29, 1.82) is 0 Å². The molecule has 2 aliphatic rings. The van der Waals surface area contributed by atoms with E-state index >= 15 is 0 Å². The maximum atomic E-state index is 13.9. The number of imide groups is 1. The highest BCUT2D eigenvalue weighted by Gasteiger charge is 2.53. The van der Waals surface area contributed by atoms with Crippen LogP contribution < -0.4 is 9.64 Å². The Bertz CT molecular complexity index is 1520. The summed E-state index contributed by atoms with van der Waals surface area (Å²) < 4.78 is 10.1. The van der Waals surface area contributed by atoms with Crippen LogP contribution in [-0.4, -0.2) is 48.1 Å². The van der Waals surface area contributed by atoms with E-state index in [4.69, 9.17) is 9.47 Å². The summed E-state index contributed by atoms with van der Waals surface area (Å²) in [4.78, 5) is 46.0. The van der Waals surface area contributed by atoms with E-state index in [1.54, 1.807) is 60.5 Å². The van der Waals surface area contributed by atoms with E-state index in [2.05, 4.69) is 4.98 Å². The molecule has 36 heavy (non-hydrogen) atoms. The Kier molecular flexibility index (Phi) is 5.03. The molecule has 1 fully saturated rings. The number of methoxy groups -OCH3 is 2. The van der Waals surface area contributed by atoms with Crippen LogP contribution in [0.5, 0.6) is 5.75 Å². The van der Waals surface area contributed by atoms with Gasteiger partial charge in [0, 0.05) is 29.1 Å². The normalized spacial score (nSPS) is 18.8. The molecule has 0 aliphatic carbocycles. The number of nitrogens with zero attached hydrogens (tertiary/aromatic N) is 2. The van der Waals surface area contributed by atoms with Gasteiger partial charge in [-0.2, -0.15) is 0 Å². The number of ether oxygens (including phenoxy) is 2. The van der Waals surface area contributed by atoms with Gasteiger partial charge in [0.1, 0.15) is 17.8 Å². The lowest BCUT2D eigenvalue weighted by Crippen LogP contribution is -2.44. The standard InChI is InChI=1S/C28H23N3O5/c1-35-19-7-5-6-18(14-19)30-26(32)23-15-21-20-8-3-4-9-22(20)29-24(21)25(31(23)28(30)34)16-10-12-17(13-11-16)27(33)36-2/h3-14,23,25,29H,15H2,1-2H3/t23-,25-/m0/s1. The van der Waals surface area contributed by atoms with Gasteiger partial charge in [-0.25, -0.2) is 14.5 Å². The topological polar surface area (TPSA) is 91.9 Å². The molecule has 4 aromatic rings. The first kappa shape index (κ1) is 21.9. The summed E-state index contributed by atoms with van der Waals surface area (Å²) in [7, 11) is 2.88. The number of para-hydroxylation sites is 1. The van der Waals surface area contributed by atoms with Crippen molar-refractivity contribution in [3.63, 3.8) is 0 Å². The molecule has 2 atom stereocenters.